The largest absolute Gasteiger partial charge is 0.386 e. The second kappa shape index (κ2) is 4.69. The van der Waals surface area contributed by atoms with Crippen LogP contribution >= 0.6 is 0 Å². The fourth-order valence-corrected chi connectivity index (χ4v) is 2.43. The third-order valence-corrected chi connectivity index (χ3v) is 3.58. The van der Waals surface area contributed by atoms with Crippen molar-refractivity contribution in [2.45, 2.75) is 37.3 Å². The van der Waals surface area contributed by atoms with Crippen molar-refractivity contribution in [1.29, 1.82) is 0 Å². The van der Waals surface area contributed by atoms with Gasteiger partial charge in [0, 0.05) is 25.6 Å². The number of carbonyl (C=O) groups is 1. The van der Waals surface area contributed by atoms with Crippen LogP contribution in [0.3, 0.4) is 0 Å². The van der Waals surface area contributed by atoms with Crippen LogP contribution in [0.15, 0.2) is 0 Å². The molecule has 1 saturated carbocycles. The molecule has 0 bridgehead atoms. The van der Waals surface area contributed by atoms with Crippen molar-refractivity contribution in [2.24, 2.45) is 11.7 Å². The Morgan fingerprint density at radius 1 is 1.56 bits per heavy atom. The van der Waals surface area contributed by atoms with E-state index in [1.807, 2.05) is 0 Å². The molecule has 3 atom stereocenters. The summed E-state index contributed by atoms with van der Waals surface area (Å²) in [5.41, 5.74) is 4.97. The van der Waals surface area contributed by atoms with Crippen LogP contribution in [0.4, 0.5) is 0 Å². The number of aliphatic hydroxyl groups is 1. The Kier molecular flexibility index (Phi) is 3.47. The van der Waals surface area contributed by atoms with E-state index in [0.717, 1.165) is 19.3 Å². The number of hydrogen-bond acceptors (Lipinski definition) is 4. The van der Waals surface area contributed by atoms with Gasteiger partial charge in [0.25, 0.3) is 0 Å². The highest BCUT2D eigenvalue weighted by atomic mass is 16.5. The quantitative estimate of drug-likeness (QED) is 0.601. The highest BCUT2D eigenvalue weighted by Crippen LogP contribution is 2.24. The first kappa shape index (κ1) is 11.8. The van der Waals surface area contributed by atoms with Crippen LogP contribution in [0.1, 0.15) is 25.7 Å². The third kappa shape index (κ3) is 2.53. The summed E-state index contributed by atoms with van der Waals surface area (Å²) in [5, 5.41) is 12.8. The number of rotatable bonds is 3. The second-order valence-corrected chi connectivity index (χ2v) is 4.95. The number of nitrogens with two attached hydrogens (primary N) is 1. The monoisotopic (exact) mass is 228 g/mol. The van der Waals surface area contributed by atoms with Crippen LogP contribution in [0.5, 0.6) is 0 Å². The van der Waals surface area contributed by atoms with Gasteiger partial charge in [0.1, 0.15) is 5.60 Å². The number of nitrogens with one attached hydrogen (secondary N) is 1. The van der Waals surface area contributed by atoms with Crippen molar-refractivity contribution in [3.05, 3.63) is 0 Å². The molecule has 3 unspecified atom stereocenters. The van der Waals surface area contributed by atoms with Crippen LogP contribution in [-0.2, 0) is 9.53 Å². The van der Waals surface area contributed by atoms with E-state index in [2.05, 4.69) is 5.32 Å². The Hall–Kier alpha value is -0.650. The zero-order valence-electron chi connectivity index (χ0n) is 9.45. The lowest BCUT2D eigenvalue weighted by Gasteiger charge is -2.23. The lowest BCUT2D eigenvalue weighted by molar-refractivity contribution is -0.126. The van der Waals surface area contributed by atoms with Gasteiger partial charge in [-0.2, -0.15) is 0 Å². The number of hydrogen-bond donors (Lipinski definition) is 3. The molecular formula is C11H20N2O3. The fraction of sp³-hybridized carbons (Fsp3) is 0.909. The summed E-state index contributed by atoms with van der Waals surface area (Å²) in [5.74, 6) is -0.101. The van der Waals surface area contributed by atoms with E-state index in [9.17, 15) is 9.90 Å². The Balaban J connectivity index is 1.79. The molecule has 0 aromatic carbocycles. The molecule has 5 heteroatoms. The van der Waals surface area contributed by atoms with Gasteiger partial charge in [-0.3, -0.25) is 4.79 Å². The normalized spacial score (nSPS) is 38.9. The maximum Gasteiger partial charge on any atom is 0.224 e. The topological polar surface area (TPSA) is 84.6 Å². The second-order valence-electron chi connectivity index (χ2n) is 4.95. The first-order valence-corrected chi connectivity index (χ1v) is 5.94. The van der Waals surface area contributed by atoms with E-state index in [-0.39, 0.29) is 24.4 Å². The predicted molar refractivity (Wildman–Crippen MR) is 58.7 cm³/mol. The van der Waals surface area contributed by atoms with Crippen molar-refractivity contribution in [1.82, 2.24) is 5.32 Å². The summed E-state index contributed by atoms with van der Waals surface area (Å²) in [6.07, 6.45) is 3.39. The maximum atomic E-state index is 11.8. The molecule has 0 spiro atoms. The first-order chi connectivity index (χ1) is 7.61. The van der Waals surface area contributed by atoms with Crippen LogP contribution in [0.25, 0.3) is 0 Å². The molecular weight excluding hydrogens is 208 g/mol. The van der Waals surface area contributed by atoms with Gasteiger partial charge in [0.15, 0.2) is 0 Å². The molecule has 1 amide bonds. The van der Waals surface area contributed by atoms with E-state index >= 15 is 0 Å². The average molecular weight is 228 g/mol. The van der Waals surface area contributed by atoms with E-state index in [1.54, 1.807) is 0 Å². The Morgan fingerprint density at radius 2 is 2.38 bits per heavy atom. The van der Waals surface area contributed by atoms with E-state index in [0.29, 0.717) is 19.6 Å². The third-order valence-electron chi connectivity index (χ3n) is 3.58. The highest BCUT2D eigenvalue weighted by molar-refractivity contribution is 5.79. The summed E-state index contributed by atoms with van der Waals surface area (Å²) >= 11 is 0. The fourth-order valence-electron chi connectivity index (χ4n) is 2.43. The van der Waals surface area contributed by atoms with Crippen LogP contribution < -0.4 is 11.1 Å². The molecule has 2 rings (SSSR count). The minimum atomic E-state index is -0.877. The minimum Gasteiger partial charge on any atom is -0.386 e. The van der Waals surface area contributed by atoms with Crippen LogP contribution in [-0.4, -0.2) is 42.4 Å². The van der Waals surface area contributed by atoms with Gasteiger partial charge in [0.05, 0.1) is 12.5 Å². The molecule has 0 aromatic heterocycles. The lowest BCUT2D eigenvalue weighted by Crippen LogP contribution is -2.47. The summed E-state index contributed by atoms with van der Waals surface area (Å²) < 4.78 is 5.11. The van der Waals surface area contributed by atoms with Gasteiger partial charge < -0.3 is 20.9 Å². The van der Waals surface area contributed by atoms with Crippen molar-refractivity contribution < 1.29 is 14.6 Å². The molecule has 0 radical (unpaired) electrons. The Morgan fingerprint density at radius 3 is 2.94 bits per heavy atom. The predicted octanol–water partition coefficient (Wildman–Crippen LogP) is -0.619. The molecule has 5 nitrogen and oxygen atoms in total. The minimum absolute atomic E-state index is 0.0190. The molecule has 4 N–H and O–H groups in total. The number of amides is 1. The van der Waals surface area contributed by atoms with E-state index in [1.165, 1.54) is 0 Å². The molecule has 2 aliphatic rings. The summed E-state index contributed by atoms with van der Waals surface area (Å²) in [6, 6.07) is -0.0190. The van der Waals surface area contributed by atoms with Crippen LogP contribution in [0, 0.1) is 5.92 Å². The van der Waals surface area contributed by atoms with E-state index in [4.69, 9.17) is 10.5 Å². The standard InChI is InChI=1S/C11H20N2O3/c12-9-3-1-2-8(9)10(14)13-6-11(15)4-5-16-7-11/h8-9,15H,1-7,12H2,(H,13,14). The highest BCUT2D eigenvalue weighted by Gasteiger charge is 2.35. The molecule has 2 fully saturated rings. The number of carbonyl (C=O) groups excluding carboxylic acids is 1. The molecule has 92 valence electrons. The van der Waals surface area contributed by atoms with Crippen LogP contribution in [0.2, 0.25) is 0 Å². The molecule has 16 heavy (non-hydrogen) atoms. The Bertz CT molecular complexity index is 264. The Labute approximate surface area is 95.3 Å². The van der Waals surface area contributed by atoms with Gasteiger partial charge in [-0.05, 0) is 12.8 Å². The van der Waals surface area contributed by atoms with Crippen molar-refractivity contribution in [3.63, 3.8) is 0 Å². The first-order valence-electron chi connectivity index (χ1n) is 5.94. The SMILES string of the molecule is NC1CCCC1C(=O)NCC1(O)CCOC1. The molecule has 1 saturated heterocycles. The van der Waals surface area contributed by atoms with E-state index < -0.39 is 5.60 Å². The van der Waals surface area contributed by atoms with Gasteiger partial charge in [-0.25, -0.2) is 0 Å². The molecule has 1 heterocycles. The molecule has 1 aliphatic carbocycles. The van der Waals surface area contributed by atoms with Crippen molar-refractivity contribution in [3.8, 4) is 0 Å². The molecule has 1 aliphatic heterocycles. The number of ether oxygens (including phenoxy) is 1. The average Bonchev–Trinajstić information content (AvgIpc) is 2.85. The van der Waals surface area contributed by atoms with Gasteiger partial charge in [-0.1, -0.05) is 6.42 Å². The lowest BCUT2D eigenvalue weighted by atomic mass is 10.0. The van der Waals surface area contributed by atoms with Gasteiger partial charge >= 0.3 is 0 Å². The zero-order valence-corrected chi connectivity index (χ0v) is 9.45. The summed E-state index contributed by atoms with van der Waals surface area (Å²) in [7, 11) is 0. The smallest absolute Gasteiger partial charge is 0.224 e. The summed E-state index contributed by atoms with van der Waals surface area (Å²) in [6.45, 7) is 1.15. The zero-order chi connectivity index (χ0) is 11.6. The van der Waals surface area contributed by atoms with Crippen molar-refractivity contribution >= 4 is 5.91 Å². The molecule has 0 aromatic rings. The van der Waals surface area contributed by atoms with Crippen molar-refractivity contribution in [2.75, 3.05) is 19.8 Å². The van der Waals surface area contributed by atoms with Gasteiger partial charge in [-0.15, -0.1) is 0 Å². The summed E-state index contributed by atoms with van der Waals surface area (Å²) in [4.78, 5) is 11.8. The maximum absolute atomic E-state index is 11.8. The van der Waals surface area contributed by atoms with Gasteiger partial charge in [0.2, 0.25) is 5.91 Å².